The molecular weight excluding hydrogens is 451 g/mol. The van der Waals surface area contributed by atoms with E-state index in [4.69, 9.17) is 0 Å². The summed E-state index contributed by atoms with van der Waals surface area (Å²) in [6.07, 6.45) is 0.912. The van der Waals surface area contributed by atoms with Gasteiger partial charge in [0.15, 0.2) is 0 Å². The lowest BCUT2D eigenvalue weighted by atomic mass is 9.80. The van der Waals surface area contributed by atoms with Gasteiger partial charge in [-0.1, -0.05) is 72.8 Å². The third-order valence-corrected chi connectivity index (χ3v) is 7.50. The van der Waals surface area contributed by atoms with Gasteiger partial charge in [0, 0.05) is 25.0 Å². The van der Waals surface area contributed by atoms with Gasteiger partial charge in [-0.05, 0) is 65.9 Å². The van der Waals surface area contributed by atoms with E-state index in [1.165, 1.54) is 28.0 Å². The van der Waals surface area contributed by atoms with Crippen LogP contribution in [0.4, 0.5) is 10.1 Å². The quantitative estimate of drug-likeness (QED) is 0.310. The van der Waals surface area contributed by atoms with E-state index in [1.54, 1.807) is 6.07 Å². The van der Waals surface area contributed by atoms with Crippen LogP contribution in [0.3, 0.4) is 0 Å². The van der Waals surface area contributed by atoms with Crippen LogP contribution < -0.4 is 10.2 Å². The minimum atomic E-state index is -1.12. The van der Waals surface area contributed by atoms with Crippen LogP contribution in [0.2, 0.25) is 0 Å². The summed E-state index contributed by atoms with van der Waals surface area (Å²) in [6.45, 7) is 4.48. The third kappa shape index (κ3) is 4.98. The van der Waals surface area contributed by atoms with E-state index >= 15 is 0 Å². The molecule has 36 heavy (non-hydrogen) atoms. The number of halogens is 1. The molecule has 1 fully saturated rings. The Morgan fingerprint density at radius 3 is 2.56 bits per heavy atom. The van der Waals surface area contributed by atoms with Crippen LogP contribution in [0, 0.1) is 11.7 Å². The molecule has 0 aromatic heterocycles. The molecule has 1 aliphatic rings. The molecule has 0 amide bonds. The summed E-state index contributed by atoms with van der Waals surface area (Å²) < 4.78 is 14.9. The van der Waals surface area contributed by atoms with Crippen molar-refractivity contribution in [3.63, 3.8) is 0 Å². The molecule has 4 aromatic rings. The van der Waals surface area contributed by atoms with Crippen molar-refractivity contribution < 1.29 is 14.3 Å². The second-order valence-corrected chi connectivity index (χ2v) is 9.68. The van der Waals surface area contributed by atoms with E-state index in [0.29, 0.717) is 18.2 Å². The Labute approximate surface area is 211 Å². The summed E-state index contributed by atoms with van der Waals surface area (Å²) in [4.78, 5) is 13.3. The van der Waals surface area contributed by atoms with E-state index in [2.05, 4.69) is 83.9 Å². The summed E-state index contributed by atoms with van der Waals surface area (Å²) in [5.41, 5.74) is 2.98. The molecule has 1 aliphatic heterocycles. The molecule has 0 aliphatic carbocycles. The number of fused-ring (bicyclic) bond motifs is 1. The second kappa shape index (κ2) is 10.5. The Kier molecular flexibility index (Phi) is 7.01. The van der Waals surface area contributed by atoms with Crippen LogP contribution in [0.1, 0.15) is 46.8 Å². The number of carboxylic acids is 1. The maximum absolute atomic E-state index is 14.9. The van der Waals surface area contributed by atoms with Gasteiger partial charge in [-0.15, -0.1) is 0 Å². The fourth-order valence-electron chi connectivity index (χ4n) is 5.50. The number of rotatable bonds is 7. The van der Waals surface area contributed by atoms with Crippen molar-refractivity contribution in [3.8, 4) is 0 Å². The summed E-state index contributed by atoms with van der Waals surface area (Å²) in [5, 5.41) is 15.5. The first kappa shape index (κ1) is 24.0. The molecule has 5 rings (SSSR count). The molecule has 4 aromatic carbocycles. The molecule has 184 valence electrons. The molecule has 4 nitrogen and oxygen atoms in total. The zero-order valence-electron chi connectivity index (χ0n) is 20.4. The molecule has 0 radical (unpaired) electrons. The second-order valence-electron chi connectivity index (χ2n) is 9.68. The van der Waals surface area contributed by atoms with Crippen molar-refractivity contribution in [2.24, 2.45) is 5.92 Å². The highest BCUT2D eigenvalue weighted by Gasteiger charge is 2.32. The highest BCUT2D eigenvalue weighted by Crippen LogP contribution is 2.36. The average molecular weight is 483 g/mol. The predicted molar refractivity (Wildman–Crippen MR) is 143 cm³/mol. The van der Waals surface area contributed by atoms with Gasteiger partial charge in [-0.3, -0.25) is 0 Å². The molecule has 1 saturated heterocycles. The van der Waals surface area contributed by atoms with Crippen molar-refractivity contribution in [1.82, 2.24) is 5.32 Å². The topological polar surface area (TPSA) is 52.6 Å². The van der Waals surface area contributed by atoms with Crippen LogP contribution in [-0.4, -0.2) is 30.7 Å². The molecule has 2 N–H and O–H groups in total. The molecule has 3 atom stereocenters. The van der Waals surface area contributed by atoms with Crippen molar-refractivity contribution >= 4 is 22.4 Å². The standard InChI is InChI=1S/C31H31FN2O2/c1-21(26-13-7-11-22-10-5-6-12-27(22)26)33-19-25-16-17-34(20-28(25)23-8-3-2-4-9-23)30-15-14-24(31(35)36)18-29(30)32/h2-15,18,21,25,28,33H,16-17,19-20H2,1H3,(H,35,36). The molecule has 1 heterocycles. The van der Waals surface area contributed by atoms with E-state index in [0.717, 1.165) is 25.6 Å². The van der Waals surface area contributed by atoms with Gasteiger partial charge in [0.05, 0.1) is 11.3 Å². The Balaban J connectivity index is 1.35. The van der Waals surface area contributed by atoms with E-state index in [1.807, 2.05) is 6.07 Å². The van der Waals surface area contributed by atoms with Crippen LogP contribution in [0.5, 0.6) is 0 Å². The zero-order valence-corrected chi connectivity index (χ0v) is 20.4. The van der Waals surface area contributed by atoms with Gasteiger partial charge in [-0.25, -0.2) is 9.18 Å². The number of carbonyl (C=O) groups is 1. The number of carboxylic acid groups (broad SMARTS) is 1. The van der Waals surface area contributed by atoms with E-state index in [9.17, 15) is 14.3 Å². The summed E-state index contributed by atoms with van der Waals surface area (Å²) in [5.74, 6) is -0.983. The summed E-state index contributed by atoms with van der Waals surface area (Å²) in [6, 6.07) is 29.8. The van der Waals surface area contributed by atoms with Crippen molar-refractivity contribution in [1.29, 1.82) is 0 Å². The largest absolute Gasteiger partial charge is 0.478 e. The Morgan fingerprint density at radius 1 is 1.03 bits per heavy atom. The first-order chi connectivity index (χ1) is 17.5. The van der Waals surface area contributed by atoms with E-state index in [-0.39, 0.29) is 17.5 Å². The third-order valence-electron chi connectivity index (χ3n) is 7.50. The molecule has 3 unspecified atom stereocenters. The van der Waals surface area contributed by atoms with Crippen molar-refractivity contribution in [2.45, 2.75) is 25.3 Å². The van der Waals surface area contributed by atoms with Crippen LogP contribution in [-0.2, 0) is 0 Å². The fraction of sp³-hybridized carbons (Fsp3) is 0.258. The highest BCUT2D eigenvalue weighted by atomic mass is 19.1. The lowest BCUT2D eigenvalue weighted by Crippen LogP contribution is -2.43. The monoisotopic (exact) mass is 482 g/mol. The molecule has 0 saturated carbocycles. The normalized spacial score (nSPS) is 18.8. The van der Waals surface area contributed by atoms with Gasteiger partial charge in [0.1, 0.15) is 5.82 Å². The number of aromatic carboxylic acids is 1. The van der Waals surface area contributed by atoms with E-state index < -0.39 is 11.8 Å². The Morgan fingerprint density at radius 2 is 1.78 bits per heavy atom. The number of nitrogens with zero attached hydrogens (tertiary/aromatic N) is 1. The molecule has 0 spiro atoms. The highest BCUT2D eigenvalue weighted by molar-refractivity contribution is 5.88. The van der Waals surface area contributed by atoms with Gasteiger partial charge in [-0.2, -0.15) is 0 Å². The molecule has 5 heteroatoms. The smallest absolute Gasteiger partial charge is 0.335 e. The minimum absolute atomic E-state index is 0.0302. The number of anilines is 1. The van der Waals surface area contributed by atoms with Gasteiger partial charge in [0.25, 0.3) is 0 Å². The predicted octanol–water partition coefficient (Wildman–Crippen LogP) is 6.64. The molecule has 0 bridgehead atoms. The van der Waals surface area contributed by atoms with Gasteiger partial charge in [0.2, 0.25) is 0 Å². The van der Waals surface area contributed by atoms with Crippen LogP contribution in [0.25, 0.3) is 10.8 Å². The van der Waals surface area contributed by atoms with Crippen LogP contribution in [0.15, 0.2) is 91.0 Å². The summed E-state index contributed by atoms with van der Waals surface area (Å²) >= 11 is 0. The zero-order chi connectivity index (χ0) is 25.1. The number of hydrogen-bond acceptors (Lipinski definition) is 3. The molecular formula is C31H31FN2O2. The summed E-state index contributed by atoms with van der Waals surface area (Å²) in [7, 11) is 0. The van der Waals surface area contributed by atoms with Gasteiger partial charge >= 0.3 is 5.97 Å². The fourth-order valence-corrected chi connectivity index (χ4v) is 5.50. The Bertz CT molecular complexity index is 1350. The maximum Gasteiger partial charge on any atom is 0.335 e. The number of piperidine rings is 1. The van der Waals surface area contributed by atoms with Crippen molar-refractivity contribution in [2.75, 3.05) is 24.5 Å². The first-order valence-corrected chi connectivity index (χ1v) is 12.5. The number of benzene rings is 4. The minimum Gasteiger partial charge on any atom is -0.478 e. The van der Waals surface area contributed by atoms with Crippen molar-refractivity contribution in [3.05, 3.63) is 114 Å². The number of nitrogens with one attached hydrogen (secondary N) is 1. The maximum atomic E-state index is 14.9. The first-order valence-electron chi connectivity index (χ1n) is 12.5. The van der Waals surface area contributed by atoms with Crippen LogP contribution >= 0.6 is 0 Å². The van der Waals surface area contributed by atoms with Gasteiger partial charge < -0.3 is 15.3 Å². The lowest BCUT2D eigenvalue weighted by molar-refractivity contribution is 0.0696. The SMILES string of the molecule is CC(NCC1CCN(c2ccc(C(=O)O)cc2F)CC1c1ccccc1)c1cccc2ccccc12. The number of hydrogen-bond donors (Lipinski definition) is 2. The Hall–Kier alpha value is -3.70. The lowest BCUT2D eigenvalue weighted by Gasteiger charge is -2.41. The average Bonchev–Trinajstić information content (AvgIpc) is 2.91.